The van der Waals surface area contributed by atoms with Crippen molar-refractivity contribution in [2.45, 2.75) is 25.7 Å². The van der Waals surface area contributed by atoms with Gasteiger partial charge in [-0.3, -0.25) is 0 Å². The molecule has 0 nitrogen and oxygen atoms in total. The van der Waals surface area contributed by atoms with Gasteiger partial charge in [-0.05, 0) is 43.1 Å². The van der Waals surface area contributed by atoms with Gasteiger partial charge in [0, 0.05) is 0 Å². The highest BCUT2D eigenvalue weighted by molar-refractivity contribution is 5.19. The van der Waals surface area contributed by atoms with Crippen LogP contribution in [0.5, 0.6) is 0 Å². The molecule has 0 heteroatoms. The summed E-state index contributed by atoms with van der Waals surface area (Å²) in [5.41, 5.74) is 2.89. The Bertz CT molecular complexity index is 361. The lowest BCUT2D eigenvalue weighted by molar-refractivity contribution is 0.422. The number of allylic oxidation sites excluding steroid dienone is 2. The predicted molar refractivity (Wildman–Crippen MR) is 70.3 cm³/mol. The van der Waals surface area contributed by atoms with Gasteiger partial charge in [0.05, 0.1) is 0 Å². The minimum atomic E-state index is 0.665. The van der Waals surface area contributed by atoms with Crippen molar-refractivity contribution >= 4 is 0 Å². The van der Waals surface area contributed by atoms with Gasteiger partial charge in [-0.2, -0.15) is 0 Å². The standard InChI is InChI=1S/C16H20/c1-3-7-16-13(2)10-11-15(16)12-14-8-5-4-6-9-14/h3-6,8-9,15-16H,1-2,7,10-12H2/t15-,16-/m0/s1. The van der Waals surface area contributed by atoms with Gasteiger partial charge in [0.25, 0.3) is 0 Å². The van der Waals surface area contributed by atoms with E-state index >= 15 is 0 Å². The van der Waals surface area contributed by atoms with Gasteiger partial charge in [0.1, 0.15) is 0 Å². The Morgan fingerprint density at radius 3 is 2.69 bits per heavy atom. The van der Waals surface area contributed by atoms with Crippen LogP contribution in [0.15, 0.2) is 55.1 Å². The molecule has 0 bridgehead atoms. The summed E-state index contributed by atoms with van der Waals surface area (Å²) >= 11 is 0. The molecule has 1 aromatic rings. The number of benzene rings is 1. The average molecular weight is 212 g/mol. The molecule has 0 aromatic heterocycles. The number of hydrogen-bond acceptors (Lipinski definition) is 0. The van der Waals surface area contributed by atoms with Crippen LogP contribution < -0.4 is 0 Å². The Morgan fingerprint density at radius 1 is 1.25 bits per heavy atom. The first kappa shape index (κ1) is 11.2. The highest BCUT2D eigenvalue weighted by Crippen LogP contribution is 2.39. The van der Waals surface area contributed by atoms with Crippen molar-refractivity contribution in [2.75, 3.05) is 0 Å². The summed E-state index contributed by atoms with van der Waals surface area (Å²) in [6.07, 6.45) is 6.83. The van der Waals surface area contributed by atoms with Crippen molar-refractivity contribution in [3.05, 3.63) is 60.7 Å². The predicted octanol–water partition coefficient (Wildman–Crippen LogP) is 4.39. The molecule has 84 valence electrons. The van der Waals surface area contributed by atoms with Crippen LogP contribution >= 0.6 is 0 Å². The van der Waals surface area contributed by atoms with Crippen molar-refractivity contribution in [1.82, 2.24) is 0 Å². The Labute approximate surface area is 98.7 Å². The maximum atomic E-state index is 4.20. The van der Waals surface area contributed by atoms with Crippen molar-refractivity contribution in [1.29, 1.82) is 0 Å². The van der Waals surface area contributed by atoms with E-state index in [0.29, 0.717) is 5.92 Å². The third kappa shape index (κ3) is 2.44. The highest BCUT2D eigenvalue weighted by Gasteiger charge is 2.28. The van der Waals surface area contributed by atoms with Gasteiger partial charge in [-0.15, -0.1) is 6.58 Å². The van der Waals surface area contributed by atoms with Gasteiger partial charge in [-0.25, -0.2) is 0 Å². The molecule has 16 heavy (non-hydrogen) atoms. The first-order valence-electron chi connectivity index (χ1n) is 6.13. The van der Waals surface area contributed by atoms with Crippen LogP contribution in [0.1, 0.15) is 24.8 Å². The van der Waals surface area contributed by atoms with E-state index in [2.05, 4.69) is 43.5 Å². The first-order chi connectivity index (χ1) is 7.81. The Kier molecular flexibility index (Phi) is 3.61. The molecular weight excluding hydrogens is 192 g/mol. The van der Waals surface area contributed by atoms with Gasteiger partial charge in [0.15, 0.2) is 0 Å². The van der Waals surface area contributed by atoms with Gasteiger partial charge >= 0.3 is 0 Å². The van der Waals surface area contributed by atoms with E-state index in [4.69, 9.17) is 0 Å². The number of hydrogen-bond donors (Lipinski definition) is 0. The van der Waals surface area contributed by atoms with Crippen LogP contribution in [0.4, 0.5) is 0 Å². The van der Waals surface area contributed by atoms with Crippen molar-refractivity contribution in [3.8, 4) is 0 Å². The summed E-state index contributed by atoms with van der Waals surface area (Å²) in [5, 5.41) is 0. The van der Waals surface area contributed by atoms with E-state index in [1.165, 1.54) is 30.4 Å². The van der Waals surface area contributed by atoms with E-state index in [1.807, 2.05) is 6.08 Å². The van der Waals surface area contributed by atoms with E-state index in [-0.39, 0.29) is 0 Å². The molecule has 1 aliphatic carbocycles. The van der Waals surface area contributed by atoms with Crippen LogP contribution in [-0.2, 0) is 6.42 Å². The lowest BCUT2D eigenvalue weighted by Gasteiger charge is -2.18. The SMILES string of the molecule is C=CC[C@H]1C(=C)CC[C@H]1Cc1ccccc1. The van der Waals surface area contributed by atoms with E-state index in [1.54, 1.807) is 0 Å². The maximum absolute atomic E-state index is 4.20. The first-order valence-corrected chi connectivity index (χ1v) is 6.13. The highest BCUT2D eigenvalue weighted by atomic mass is 14.3. The molecule has 1 aromatic carbocycles. The Balaban J connectivity index is 2.04. The van der Waals surface area contributed by atoms with E-state index in [9.17, 15) is 0 Å². The summed E-state index contributed by atoms with van der Waals surface area (Å²) in [6, 6.07) is 10.8. The summed E-state index contributed by atoms with van der Waals surface area (Å²) in [6.45, 7) is 8.06. The van der Waals surface area contributed by atoms with Crippen molar-refractivity contribution in [3.63, 3.8) is 0 Å². The van der Waals surface area contributed by atoms with Crippen LogP contribution in [0, 0.1) is 11.8 Å². The van der Waals surface area contributed by atoms with Crippen LogP contribution in [0.2, 0.25) is 0 Å². The fourth-order valence-electron chi connectivity index (χ4n) is 2.79. The van der Waals surface area contributed by atoms with Gasteiger partial charge in [0.2, 0.25) is 0 Å². The second kappa shape index (κ2) is 5.16. The average Bonchev–Trinajstić information content (AvgIpc) is 2.64. The largest absolute Gasteiger partial charge is 0.103 e. The van der Waals surface area contributed by atoms with E-state index < -0.39 is 0 Å². The van der Waals surface area contributed by atoms with Crippen molar-refractivity contribution < 1.29 is 0 Å². The molecule has 1 aliphatic rings. The maximum Gasteiger partial charge on any atom is -0.0140 e. The Morgan fingerprint density at radius 2 is 2.00 bits per heavy atom. The summed E-state index contributed by atoms with van der Waals surface area (Å²) < 4.78 is 0. The summed E-state index contributed by atoms with van der Waals surface area (Å²) in [4.78, 5) is 0. The number of rotatable bonds is 4. The third-order valence-corrected chi connectivity index (χ3v) is 3.69. The molecule has 0 spiro atoms. The summed E-state index contributed by atoms with van der Waals surface area (Å²) in [7, 11) is 0. The second-order valence-electron chi connectivity index (χ2n) is 4.78. The molecule has 1 fully saturated rings. The minimum Gasteiger partial charge on any atom is -0.103 e. The van der Waals surface area contributed by atoms with Crippen molar-refractivity contribution in [2.24, 2.45) is 11.8 Å². The van der Waals surface area contributed by atoms with Gasteiger partial charge in [-0.1, -0.05) is 48.6 Å². The zero-order valence-electron chi connectivity index (χ0n) is 9.86. The van der Waals surface area contributed by atoms with Crippen LogP contribution in [-0.4, -0.2) is 0 Å². The molecule has 2 rings (SSSR count). The molecule has 1 saturated carbocycles. The van der Waals surface area contributed by atoms with Gasteiger partial charge < -0.3 is 0 Å². The molecule has 0 radical (unpaired) electrons. The fraction of sp³-hybridized carbons (Fsp3) is 0.375. The molecular formula is C16H20. The fourth-order valence-corrected chi connectivity index (χ4v) is 2.79. The second-order valence-corrected chi connectivity index (χ2v) is 4.78. The zero-order chi connectivity index (χ0) is 11.4. The molecule has 0 N–H and O–H groups in total. The lowest BCUT2D eigenvalue weighted by atomic mass is 9.86. The van der Waals surface area contributed by atoms with Crippen LogP contribution in [0.25, 0.3) is 0 Å². The molecule has 0 amide bonds. The normalized spacial score (nSPS) is 24.6. The third-order valence-electron chi connectivity index (χ3n) is 3.69. The Hall–Kier alpha value is -1.30. The zero-order valence-corrected chi connectivity index (χ0v) is 9.86. The molecule has 0 unspecified atom stereocenters. The molecule has 2 atom stereocenters. The minimum absolute atomic E-state index is 0.665. The molecule has 0 aliphatic heterocycles. The smallest absolute Gasteiger partial charge is 0.0140 e. The molecule has 0 saturated heterocycles. The lowest BCUT2D eigenvalue weighted by Crippen LogP contribution is -2.11. The topological polar surface area (TPSA) is 0 Å². The monoisotopic (exact) mass is 212 g/mol. The molecule has 0 heterocycles. The quantitative estimate of drug-likeness (QED) is 0.649. The van der Waals surface area contributed by atoms with Crippen LogP contribution in [0.3, 0.4) is 0 Å². The van der Waals surface area contributed by atoms with E-state index in [0.717, 1.165) is 12.3 Å². The summed E-state index contributed by atoms with van der Waals surface area (Å²) in [5.74, 6) is 1.44.